The summed E-state index contributed by atoms with van der Waals surface area (Å²) in [6, 6.07) is 21.8. The maximum Gasteiger partial charge on any atom is 0.167 e. The van der Waals surface area contributed by atoms with Gasteiger partial charge in [-0.1, -0.05) is 112 Å². The predicted octanol–water partition coefficient (Wildman–Crippen LogP) is 16.0. The monoisotopic (exact) mass is 820 g/mol. The molecule has 0 spiro atoms. The Hall–Kier alpha value is -5.31. The van der Waals surface area contributed by atoms with Crippen LogP contribution in [0.3, 0.4) is 0 Å². The van der Waals surface area contributed by atoms with Crippen molar-refractivity contribution in [1.29, 1.82) is 0 Å². The van der Waals surface area contributed by atoms with E-state index in [9.17, 15) is 39.5 Å². The second-order valence-electron chi connectivity index (χ2n) is 15.5. The van der Waals surface area contributed by atoms with Gasteiger partial charge in [0.2, 0.25) is 0 Å². The summed E-state index contributed by atoms with van der Waals surface area (Å²) in [5.41, 5.74) is 3.21. The van der Waals surface area contributed by atoms with E-state index in [0.717, 1.165) is 17.4 Å². The Morgan fingerprint density at radius 2 is 0.644 bits per heavy atom. The first-order chi connectivity index (χ1) is 27.8. The van der Waals surface area contributed by atoms with Gasteiger partial charge in [0.1, 0.15) is 17.5 Å². The zero-order valence-electron chi connectivity index (χ0n) is 34.5. The molecule has 1 saturated carbocycles. The SMILES string of the molecule is CC1CCC(C)CC1.Cc1ccc(-c2ccc(C)c(F)c2F)c(F)c1.Cc1ccc(-c2ccc(C)c(F)c2F)cc1F.Cc1ccc(-c2ccc(C)c(F)c2F)cc1F. The fraction of sp³-hybridized carbons (Fsp3) is 0.280. The molecule has 9 heteroatoms. The number of hydrogen-bond acceptors (Lipinski definition) is 0. The third-order valence-electron chi connectivity index (χ3n) is 10.5. The lowest BCUT2D eigenvalue weighted by molar-refractivity contribution is 0.308. The molecule has 7 rings (SSSR count). The third kappa shape index (κ3) is 11.9. The lowest BCUT2D eigenvalue weighted by Crippen LogP contribution is -2.08. The van der Waals surface area contributed by atoms with Crippen molar-refractivity contribution < 1.29 is 39.5 Å². The molecule has 0 unspecified atom stereocenters. The maximum atomic E-state index is 13.7. The molecule has 6 aromatic rings. The Morgan fingerprint density at radius 1 is 0.322 bits per heavy atom. The molecule has 312 valence electrons. The van der Waals surface area contributed by atoms with Gasteiger partial charge in [0.25, 0.3) is 0 Å². The normalized spacial score (nSPS) is 14.6. The second kappa shape index (κ2) is 20.6. The average Bonchev–Trinajstić information content (AvgIpc) is 3.20. The Bertz CT molecular complexity index is 2280. The van der Waals surface area contributed by atoms with Crippen LogP contribution >= 0.6 is 0 Å². The Morgan fingerprint density at radius 3 is 1.00 bits per heavy atom. The van der Waals surface area contributed by atoms with Crippen LogP contribution in [-0.2, 0) is 0 Å². The minimum Gasteiger partial charge on any atom is -0.207 e. The van der Waals surface area contributed by atoms with Crippen LogP contribution in [-0.4, -0.2) is 0 Å². The van der Waals surface area contributed by atoms with Crippen molar-refractivity contribution in [1.82, 2.24) is 0 Å². The Kier molecular flexibility index (Phi) is 16.2. The molecular weight excluding hydrogens is 772 g/mol. The molecule has 0 bridgehead atoms. The van der Waals surface area contributed by atoms with Gasteiger partial charge in [0, 0.05) is 22.3 Å². The number of aryl methyl sites for hydroxylation is 6. The van der Waals surface area contributed by atoms with Crippen molar-refractivity contribution in [2.24, 2.45) is 11.8 Å². The van der Waals surface area contributed by atoms with Crippen LogP contribution in [0.5, 0.6) is 0 Å². The summed E-state index contributed by atoms with van der Waals surface area (Å²) in [6.07, 6.45) is 5.89. The Balaban J connectivity index is 0.000000179. The molecule has 0 aromatic heterocycles. The van der Waals surface area contributed by atoms with E-state index in [1.165, 1.54) is 107 Å². The molecule has 0 N–H and O–H groups in total. The van der Waals surface area contributed by atoms with Crippen molar-refractivity contribution in [3.05, 3.63) is 177 Å². The topological polar surface area (TPSA) is 0 Å². The first-order valence-electron chi connectivity index (χ1n) is 19.4. The van der Waals surface area contributed by atoms with E-state index in [4.69, 9.17) is 0 Å². The number of rotatable bonds is 3. The van der Waals surface area contributed by atoms with Gasteiger partial charge < -0.3 is 0 Å². The second-order valence-corrected chi connectivity index (χ2v) is 15.5. The van der Waals surface area contributed by atoms with Crippen LogP contribution in [0.25, 0.3) is 33.4 Å². The van der Waals surface area contributed by atoms with Gasteiger partial charge in [0.15, 0.2) is 34.9 Å². The van der Waals surface area contributed by atoms with E-state index < -0.39 is 52.4 Å². The quantitative estimate of drug-likeness (QED) is 0.156. The summed E-state index contributed by atoms with van der Waals surface area (Å²) in [5, 5.41) is 0. The van der Waals surface area contributed by atoms with Gasteiger partial charge >= 0.3 is 0 Å². The van der Waals surface area contributed by atoms with E-state index in [-0.39, 0.29) is 38.9 Å². The van der Waals surface area contributed by atoms with Crippen molar-refractivity contribution in [2.75, 3.05) is 0 Å². The summed E-state index contributed by atoms with van der Waals surface area (Å²) in [7, 11) is 0. The molecule has 1 aliphatic carbocycles. The predicted molar refractivity (Wildman–Crippen MR) is 220 cm³/mol. The number of hydrogen-bond donors (Lipinski definition) is 0. The molecule has 0 atom stereocenters. The number of benzene rings is 6. The highest BCUT2D eigenvalue weighted by Gasteiger charge is 2.17. The number of halogens is 9. The lowest BCUT2D eigenvalue weighted by atomic mass is 9.84. The molecule has 0 heterocycles. The smallest absolute Gasteiger partial charge is 0.167 e. The van der Waals surface area contributed by atoms with E-state index in [1.807, 2.05) is 0 Å². The molecule has 1 aliphatic rings. The summed E-state index contributed by atoms with van der Waals surface area (Å²) in [5.74, 6) is -4.95. The molecular formula is C50H49F9. The molecule has 0 nitrogen and oxygen atoms in total. The standard InChI is InChI=1S/3C14H11F3.C8H16/c2*1-8-3-5-10(7-12(8)15)11-6-4-9(2)13(16)14(11)17;1-8-3-5-10(12(15)7-8)11-6-4-9(2)13(16)14(11)17;1-7-3-5-8(2)6-4-7/h3*3-7H,1-2H3;7-8H,3-6H2,1-2H3. The average molecular weight is 821 g/mol. The molecule has 0 aliphatic heterocycles. The molecule has 6 aromatic carbocycles. The first-order valence-corrected chi connectivity index (χ1v) is 19.4. The van der Waals surface area contributed by atoms with E-state index >= 15 is 0 Å². The highest BCUT2D eigenvalue weighted by atomic mass is 19.2. The van der Waals surface area contributed by atoms with Crippen LogP contribution in [0.4, 0.5) is 39.5 Å². The summed E-state index contributed by atoms with van der Waals surface area (Å²) < 4.78 is 122. The van der Waals surface area contributed by atoms with Crippen LogP contribution in [0.15, 0.2) is 91.0 Å². The summed E-state index contributed by atoms with van der Waals surface area (Å²) in [6.45, 7) is 14.1. The molecule has 59 heavy (non-hydrogen) atoms. The molecule has 0 saturated heterocycles. The zero-order valence-corrected chi connectivity index (χ0v) is 34.5. The fourth-order valence-electron chi connectivity index (χ4n) is 6.38. The minimum absolute atomic E-state index is 0.0504. The molecule has 0 radical (unpaired) electrons. The summed E-state index contributed by atoms with van der Waals surface area (Å²) in [4.78, 5) is 0. The summed E-state index contributed by atoms with van der Waals surface area (Å²) >= 11 is 0. The highest BCUT2D eigenvalue weighted by Crippen LogP contribution is 2.31. The third-order valence-corrected chi connectivity index (χ3v) is 10.5. The highest BCUT2D eigenvalue weighted by molar-refractivity contribution is 5.67. The van der Waals surface area contributed by atoms with Crippen molar-refractivity contribution >= 4 is 0 Å². The zero-order chi connectivity index (χ0) is 43.7. The van der Waals surface area contributed by atoms with Crippen LogP contribution in [0.1, 0.15) is 72.9 Å². The molecule has 1 fully saturated rings. The van der Waals surface area contributed by atoms with Crippen molar-refractivity contribution in [3.8, 4) is 33.4 Å². The van der Waals surface area contributed by atoms with E-state index in [0.29, 0.717) is 22.3 Å². The van der Waals surface area contributed by atoms with E-state index in [1.54, 1.807) is 51.1 Å². The fourth-order valence-corrected chi connectivity index (χ4v) is 6.38. The van der Waals surface area contributed by atoms with Crippen LogP contribution in [0.2, 0.25) is 0 Å². The largest absolute Gasteiger partial charge is 0.207 e. The van der Waals surface area contributed by atoms with Gasteiger partial charge in [-0.2, -0.15) is 0 Å². The Labute approximate surface area is 341 Å². The van der Waals surface area contributed by atoms with Crippen molar-refractivity contribution in [3.63, 3.8) is 0 Å². The van der Waals surface area contributed by atoms with Gasteiger partial charge in [-0.15, -0.1) is 0 Å². The van der Waals surface area contributed by atoms with Crippen LogP contribution < -0.4 is 0 Å². The van der Waals surface area contributed by atoms with Crippen LogP contribution in [0, 0.1) is 106 Å². The van der Waals surface area contributed by atoms with Gasteiger partial charge in [-0.25, -0.2) is 39.5 Å². The first kappa shape index (κ1) is 46.4. The van der Waals surface area contributed by atoms with Gasteiger partial charge in [-0.05, 0) is 116 Å². The van der Waals surface area contributed by atoms with Gasteiger partial charge in [-0.3, -0.25) is 0 Å². The van der Waals surface area contributed by atoms with Gasteiger partial charge in [0.05, 0.1) is 0 Å². The van der Waals surface area contributed by atoms with E-state index in [2.05, 4.69) is 13.8 Å². The minimum atomic E-state index is -1.01. The maximum absolute atomic E-state index is 13.7. The lowest BCUT2D eigenvalue weighted by Gasteiger charge is -2.22. The van der Waals surface area contributed by atoms with Crippen molar-refractivity contribution in [2.45, 2.75) is 81.1 Å². The molecule has 0 amide bonds.